The van der Waals surface area contributed by atoms with Gasteiger partial charge in [-0.3, -0.25) is 9.78 Å². The van der Waals surface area contributed by atoms with E-state index in [0.29, 0.717) is 18.9 Å². The topological polar surface area (TPSA) is 42.0 Å². The zero-order chi connectivity index (χ0) is 13.2. The number of pyridine rings is 1. The summed E-state index contributed by atoms with van der Waals surface area (Å²) in [5.41, 5.74) is 1.63. The second-order valence-corrected chi connectivity index (χ2v) is 4.98. The molecule has 19 heavy (non-hydrogen) atoms. The van der Waals surface area contributed by atoms with Crippen molar-refractivity contribution in [1.82, 2.24) is 10.3 Å². The molecule has 1 saturated carbocycles. The van der Waals surface area contributed by atoms with Crippen molar-refractivity contribution >= 4 is 16.8 Å². The summed E-state index contributed by atoms with van der Waals surface area (Å²) in [7, 11) is 0. The lowest BCUT2D eigenvalue weighted by molar-refractivity contribution is -0.121. The molecule has 0 bridgehead atoms. The van der Waals surface area contributed by atoms with E-state index < -0.39 is 0 Å². The van der Waals surface area contributed by atoms with Crippen molar-refractivity contribution in [2.24, 2.45) is 0 Å². The summed E-state index contributed by atoms with van der Waals surface area (Å²) in [5, 5.41) is 3.74. The highest BCUT2D eigenvalue weighted by atomic mass is 19.1. The number of fused-ring (bicyclic) bond motifs is 1. The normalized spacial score (nSPS) is 14.6. The molecule has 3 nitrogen and oxygen atoms in total. The smallest absolute Gasteiger partial charge is 0.220 e. The van der Waals surface area contributed by atoms with E-state index in [1.165, 1.54) is 12.1 Å². The summed E-state index contributed by atoms with van der Waals surface area (Å²) < 4.78 is 13.0. The van der Waals surface area contributed by atoms with Crippen LogP contribution in [0.2, 0.25) is 0 Å². The van der Waals surface area contributed by atoms with Gasteiger partial charge in [0.1, 0.15) is 5.82 Å². The number of carbonyl (C=O) groups is 1. The van der Waals surface area contributed by atoms with Crippen molar-refractivity contribution < 1.29 is 9.18 Å². The molecule has 1 aromatic heterocycles. The zero-order valence-electron chi connectivity index (χ0n) is 10.5. The van der Waals surface area contributed by atoms with Crippen LogP contribution in [-0.2, 0) is 11.2 Å². The predicted octanol–water partition coefficient (Wildman–Crippen LogP) is 2.59. The summed E-state index contributed by atoms with van der Waals surface area (Å²) in [6.07, 6.45) is 3.28. The molecule has 1 fully saturated rings. The first-order chi connectivity index (χ1) is 9.20. The van der Waals surface area contributed by atoms with Crippen molar-refractivity contribution in [3.63, 3.8) is 0 Å². The van der Waals surface area contributed by atoms with E-state index in [2.05, 4.69) is 10.3 Å². The largest absolute Gasteiger partial charge is 0.353 e. The molecule has 0 saturated heterocycles. The minimum Gasteiger partial charge on any atom is -0.353 e. The number of nitrogens with one attached hydrogen (secondary N) is 1. The van der Waals surface area contributed by atoms with E-state index in [4.69, 9.17) is 0 Å². The Labute approximate surface area is 110 Å². The molecule has 1 amide bonds. The molecule has 0 atom stereocenters. The highest BCUT2D eigenvalue weighted by molar-refractivity contribution is 5.79. The summed E-state index contributed by atoms with van der Waals surface area (Å²) in [5.74, 6) is -0.172. The first-order valence-corrected chi connectivity index (χ1v) is 6.55. The monoisotopic (exact) mass is 258 g/mol. The quantitative estimate of drug-likeness (QED) is 0.915. The van der Waals surface area contributed by atoms with E-state index in [1.54, 1.807) is 6.07 Å². The van der Waals surface area contributed by atoms with Gasteiger partial charge in [0.25, 0.3) is 0 Å². The Hall–Kier alpha value is -1.97. The molecule has 1 heterocycles. The number of aryl methyl sites for hydroxylation is 1. The maximum absolute atomic E-state index is 13.0. The van der Waals surface area contributed by atoms with Crippen molar-refractivity contribution in [3.05, 3.63) is 41.8 Å². The van der Waals surface area contributed by atoms with E-state index in [0.717, 1.165) is 29.4 Å². The highest BCUT2D eigenvalue weighted by Crippen LogP contribution is 2.19. The standard InChI is InChI=1S/C15H15FN2O/c16-11-2-7-14-10(9-11)1-3-12(17-14)6-8-15(19)18-13-4-5-13/h1-3,7,9,13H,4-6,8H2,(H,18,19). The van der Waals surface area contributed by atoms with Crippen LogP contribution in [0.25, 0.3) is 10.9 Å². The Morgan fingerprint density at radius 3 is 2.95 bits per heavy atom. The number of hydrogen-bond acceptors (Lipinski definition) is 2. The van der Waals surface area contributed by atoms with Crippen LogP contribution in [0, 0.1) is 5.82 Å². The van der Waals surface area contributed by atoms with Crippen molar-refractivity contribution in [2.75, 3.05) is 0 Å². The lowest BCUT2D eigenvalue weighted by Gasteiger charge is -2.04. The number of benzene rings is 1. The van der Waals surface area contributed by atoms with E-state index >= 15 is 0 Å². The SMILES string of the molecule is O=C(CCc1ccc2cc(F)ccc2n1)NC1CC1. The summed E-state index contributed by atoms with van der Waals surface area (Å²) in [6, 6.07) is 8.63. The molecule has 0 unspecified atom stereocenters. The fourth-order valence-corrected chi connectivity index (χ4v) is 2.05. The lowest BCUT2D eigenvalue weighted by atomic mass is 10.1. The number of nitrogens with zero attached hydrogens (tertiary/aromatic N) is 1. The van der Waals surface area contributed by atoms with Crippen LogP contribution >= 0.6 is 0 Å². The minimum absolute atomic E-state index is 0.0866. The Morgan fingerprint density at radius 2 is 2.16 bits per heavy atom. The van der Waals surface area contributed by atoms with Crippen LogP contribution < -0.4 is 5.32 Å². The average molecular weight is 258 g/mol. The molecular weight excluding hydrogens is 243 g/mol. The first kappa shape index (κ1) is 12.1. The van der Waals surface area contributed by atoms with Gasteiger partial charge in [0, 0.05) is 23.5 Å². The molecular formula is C15H15FN2O. The Bertz CT molecular complexity index is 623. The van der Waals surface area contributed by atoms with Crippen LogP contribution in [0.4, 0.5) is 4.39 Å². The number of carbonyl (C=O) groups excluding carboxylic acids is 1. The fourth-order valence-electron chi connectivity index (χ4n) is 2.05. The van der Waals surface area contributed by atoms with Crippen LogP contribution in [0.15, 0.2) is 30.3 Å². The van der Waals surface area contributed by atoms with Gasteiger partial charge in [-0.15, -0.1) is 0 Å². The first-order valence-electron chi connectivity index (χ1n) is 6.55. The minimum atomic E-state index is -0.258. The highest BCUT2D eigenvalue weighted by Gasteiger charge is 2.22. The fraction of sp³-hybridized carbons (Fsp3) is 0.333. The zero-order valence-corrected chi connectivity index (χ0v) is 10.5. The van der Waals surface area contributed by atoms with Gasteiger partial charge >= 0.3 is 0 Å². The van der Waals surface area contributed by atoms with Gasteiger partial charge < -0.3 is 5.32 Å². The van der Waals surface area contributed by atoms with Gasteiger partial charge in [0.2, 0.25) is 5.91 Å². The molecule has 0 aliphatic heterocycles. The van der Waals surface area contributed by atoms with E-state index in [-0.39, 0.29) is 11.7 Å². The van der Waals surface area contributed by atoms with Crippen molar-refractivity contribution in [3.8, 4) is 0 Å². The number of rotatable bonds is 4. The molecule has 4 heteroatoms. The van der Waals surface area contributed by atoms with Crippen LogP contribution in [0.1, 0.15) is 25.0 Å². The summed E-state index contributed by atoms with van der Waals surface area (Å²) >= 11 is 0. The third kappa shape index (κ3) is 3.08. The van der Waals surface area contributed by atoms with Crippen LogP contribution in [-0.4, -0.2) is 16.9 Å². The predicted molar refractivity (Wildman–Crippen MR) is 71.2 cm³/mol. The molecule has 1 aromatic carbocycles. The van der Waals surface area contributed by atoms with Crippen LogP contribution in [0.5, 0.6) is 0 Å². The van der Waals surface area contributed by atoms with E-state index in [9.17, 15) is 9.18 Å². The Kier molecular flexibility index (Phi) is 3.15. The third-order valence-corrected chi connectivity index (χ3v) is 3.26. The lowest BCUT2D eigenvalue weighted by Crippen LogP contribution is -2.25. The molecule has 2 aromatic rings. The second kappa shape index (κ2) is 4.96. The number of hydrogen-bond donors (Lipinski definition) is 1. The number of amides is 1. The molecule has 0 spiro atoms. The Balaban J connectivity index is 1.67. The van der Waals surface area contributed by atoms with Gasteiger partial charge in [0.05, 0.1) is 5.52 Å². The van der Waals surface area contributed by atoms with Gasteiger partial charge in [-0.2, -0.15) is 0 Å². The molecule has 3 rings (SSSR count). The van der Waals surface area contributed by atoms with Crippen molar-refractivity contribution in [1.29, 1.82) is 0 Å². The maximum atomic E-state index is 13.0. The summed E-state index contributed by atoms with van der Waals surface area (Å²) in [4.78, 5) is 16.0. The average Bonchev–Trinajstić information content (AvgIpc) is 3.20. The van der Waals surface area contributed by atoms with Crippen LogP contribution in [0.3, 0.4) is 0 Å². The molecule has 1 aliphatic rings. The van der Waals surface area contributed by atoms with Gasteiger partial charge in [-0.05, 0) is 43.5 Å². The van der Waals surface area contributed by atoms with E-state index in [1.807, 2.05) is 12.1 Å². The summed E-state index contributed by atoms with van der Waals surface area (Å²) in [6.45, 7) is 0. The molecule has 0 radical (unpaired) electrons. The number of halogens is 1. The Morgan fingerprint density at radius 1 is 1.32 bits per heavy atom. The van der Waals surface area contributed by atoms with Crippen molar-refractivity contribution in [2.45, 2.75) is 31.7 Å². The third-order valence-electron chi connectivity index (χ3n) is 3.26. The number of aromatic nitrogens is 1. The second-order valence-electron chi connectivity index (χ2n) is 4.98. The molecule has 98 valence electrons. The molecule has 1 N–H and O–H groups in total. The van der Waals surface area contributed by atoms with Gasteiger partial charge in [-0.1, -0.05) is 6.07 Å². The van der Waals surface area contributed by atoms with Gasteiger partial charge in [0.15, 0.2) is 0 Å². The van der Waals surface area contributed by atoms with Gasteiger partial charge in [-0.25, -0.2) is 4.39 Å². The maximum Gasteiger partial charge on any atom is 0.220 e. The molecule has 1 aliphatic carbocycles.